The molecule has 2 rings (SSSR count). The Hall–Kier alpha value is -1.26. The Morgan fingerprint density at radius 1 is 1.59 bits per heavy atom. The van der Waals surface area contributed by atoms with Crippen LogP contribution >= 0.6 is 11.6 Å². The van der Waals surface area contributed by atoms with Gasteiger partial charge in [0.1, 0.15) is 0 Å². The number of hydrogen-bond donors (Lipinski definition) is 1. The number of halogens is 1. The number of amides is 1. The number of carbonyl (C=O) groups excluding carboxylic acids is 1. The standard InChI is InChI=1S/C12H15ClN2O2/c1-8-7-17-5-4-15(8)12(16)10-3-2-9(14)6-11(10)13/h2-3,6,8H,4-5,7,14H2,1H3. The molecule has 92 valence electrons. The highest BCUT2D eigenvalue weighted by atomic mass is 35.5. The summed E-state index contributed by atoms with van der Waals surface area (Å²) in [5.41, 5.74) is 6.66. The molecule has 0 radical (unpaired) electrons. The molecule has 1 heterocycles. The number of hydrogen-bond acceptors (Lipinski definition) is 3. The van der Waals surface area contributed by atoms with Crippen LogP contribution in [0, 0.1) is 0 Å². The van der Waals surface area contributed by atoms with E-state index in [2.05, 4.69) is 0 Å². The van der Waals surface area contributed by atoms with Crippen LogP contribution in [0.15, 0.2) is 18.2 Å². The number of rotatable bonds is 1. The summed E-state index contributed by atoms with van der Waals surface area (Å²) in [7, 11) is 0. The van der Waals surface area contributed by atoms with Gasteiger partial charge in [-0.3, -0.25) is 4.79 Å². The molecule has 1 aliphatic rings. The molecule has 0 aliphatic carbocycles. The van der Waals surface area contributed by atoms with Gasteiger partial charge in [0.05, 0.1) is 29.8 Å². The summed E-state index contributed by atoms with van der Waals surface area (Å²) < 4.78 is 5.30. The van der Waals surface area contributed by atoms with E-state index in [1.165, 1.54) is 0 Å². The fourth-order valence-corrected chi connectivity index (χ4v) is 2.16. The Morgan fingerprint density at radius 3 is 3.00 bits per heavy atom. The quantitative estimate of drug-likeness (QED) is 0.778. The first-order chi connectivity index (χ1) is 8.09. The van der Waals surface area contributed by atoms with Crippen LogP contribution in [0.25, 0.3) is 0 Å². The average molecular weight is 255 g/mol. The van der Waals surface area contributed by atoms with Crippen molar-refractivity contribution in [2.24, 2.45) is 0 Å². The summed E-state index contributed by atoms with van der Waals surface area (Å²) in [6.45, 7) is 3.70. The first kappa shape index (κ1) is 12.2. The largest absolute Gasteiger partial charge is 0.399 e. The van der Waals surface area contributed by atoms with Gasteiger partial charge in [0.25, 0.3) is 5.91 Å². The lowest BCUT2D eigenvalue weighted by atomic mass is 10.1. The molecule has 1 aromatic rings. The molecule has 1 saturated heterocycles. The van der Waals surface area contributed by atoms with E-state index >= 15 is 0 Å². The fraction of sp³-hybridized carbons (Fsp3) is 0.417. The molecule has 0 bridgehead atoms. The van der Waals surface area contributed by atoms with Gasteiger partial charge in [0, 0.05) is 12.2 Å². The highest BCUT2D eigenvalue weighted by molar-refractivity contribution is 6.34. The molecule has 1 fully saturated rings. The van der Waals surface area contributed by atoms with Crippen LogP contribution in [0.3, 0.4) is 0 Å². The molecule has 5 heteroatoms. The summed E-state index contributed by atoms with van der Waals surface area (Å²) in [5, 5.41) is 0.397. The lowest BCUT2D eigenvalue weighted by Gasteiger charge is -2.33. The Kier molecular flexibility index (Phi) is 3.54. The number of morpholine rings is 1. The summed E-state index contributed by atoms with van der Waals surface area (Å²) in [6.07, 6.45) is 0. The Bertz CT molecular complexity index is 437. The maximum atomic E-state index is 12.3. The molecular formula is C12H15ClN2O2. The number of anilines is 1. The van der Waals surface area contributed by atoms with Crippen LogP contribution in [0.5, 0.6) is 0 Å². The summed E-state index contributed by atoms with van der Waals surface area (Å²) >= 11 is 6.03. The maximum absolute atomic E-state index is 12.3. The van der Waals surface area contributed by atoms with E-state index in [-0.39, 0.29) is 11.9 Å². The van der Waals surface area contributed by atoms with Crippen LogP contribution in [0.2, 0.25) is 5.02 Å². The van der Waals surface area contributed by atoms with E-state index in [0.717, 1.165) is 0 Å². The minimum absolute atomic E-state index is 0.0641. The predicted octanol–water partition coefficient (Wildman–Crippen LogP) is 1.78. The zero-order chi connectivity index (χ0) is 12.4. The van der Waals surface area contributed by atoms with Crippen molar-refractivity contribution in [1.82, 2.24) is 4.90 Å². The first-order valence-corrected chi connectivity index (χ1v) is 5.91. The summed E-state index contributed by atoms with van der Waals surface area (Å²) in [4.78, 5) is 14.1. The molecule has 1 atom stereocenters. The van der Waals surface area contributed by atoms with Gasteiger partial charge in [0.2, 0.25) is 0 Å². The number of nitrogens with two attached hydrogens (primary N) is 1. The van der Waals surface area contributed by atoms with Crippen molar-refractivity contribution in [3.63, 3.8) is 0 Å². The van der Waals surface area contributed by atoms with Gasteiger partial charge in [-0.1, -0.05) is 11.6 Å². The second-order valence-corrected chi connectivity index (χ2v) is 4.57. The average Bonchev–Trinajstić information content (AvgIpc) is 2.29. The fourth-order valence-electron chi connectivity index (χ4n) is 1.89. The molecule has 0 spiro atoms. The van der Waals surface area contributed by atoms with Crippen LogP contribution in [-0.4, -0.2) is 36.6 Å². The van der Waals surface area contributed by atoms with Gasteiger partial charge in [-0.2, -0.15) is 0 Å². The van der Waals surface area contributed by atoms with Crippen molar-refractivity contribution in [3.8, 4) is 0 Å². The topological polar surface area (TPSA) is 55.6 Å². The van der Waals surface area contributed by atoms with E-state index in [1.807, 2.05) is 6.92 Å². The van der Waals surface area contributed by atoms with Gasteiger partial charge in [-0.25, -0.2) is 0 Å². The molecule has 1 amide bonds. The molecule has 1 aliphatic heterocycles. The zero-order valence-corrected chi connectivity index (χ0v) is 10.4. The third-order valence-electron chi connectivity index (χ3n) is 2.85. The smallest absolute Gasteiger partial charge is 0.255 e. The van der Waals surface area contributed by atoms with E-state index in [1.54, 1.807) is 23.1 Å². The van der Waals surface area contributed by atoms with Crippen LogP contribution in [0.4, 0.5) is 5.69 Å². The second kappa shape index (κ2) is 4.94. The Morgan fingerprint density at radius 2 is 2.35 bits per heavy atom. The third-order valence-corrected chi connectivity index (χ3v) is 3.16. The van der Waals surface area contributed by atoms with Gasteiger partial charge in [-0.15, -0.1) is 0 Å². The van der Waals surface area contributed by atoms with Crippen molar-refractivity contribution in [2.45, 2.75) is 13.0 Å². The summed E-state index contributed by atoms with van der Waals surface area (Å²) in [5.74, 6) is -0.0641. The van der Waals surface area contributed by atoms with E-state index in [0.29, 0.717) is 36.0 Å². The maximum Gasteiger partial charge on any atom is 0.255 e. The Balaban J connectivity index is 2.24. The second-order valence-electron chi connectivity index (χ2n) is 4.16. The Labute approximate surface area is 105 Å². The SMILES string of the molecule is CC1COCCN1C(=O)c1ccc(N)cc1Cl. The minimum atomic E-state index is -0.0641. The number of nitrogens with zero attached hydrogens (tertiary/aromatic N) is 1. The van der Waals surface area contributed by atoms with Crippen molar-refractivity contribution in [1.29, 1.82) is 0 Å². The van der Waals surface area contributed by atoms with Crippen molar-refractivity contribution < 1.29 is 9.53 Å². The first-order valence-electron chi connectivity index (χ1n) is 5.53. The van der Waals surface area contributed by atoms with Crippen LogP contribution in [0.1, 0.15) is 17.3 Å². The summed E-state index contributed by atoms with van der Waals surface area (Å²) in [6, 6.07) is 5.02. The monoisotopic (exact) mass is 254 g/mol. The lowest BCUT2D eigenvalue weighted by Crippen LogP contribution is -2.47. The molecule has 1 aromatic carbocycles. The van der Waals surface area contributed by atoms with E-state index in [4.69, 9.17) is 22.1 Å². The third kappa shape index (κ3) is 2.53. The molecular weight excluding hydrogens is 240 g/mol. The highest BCUT2D eigenvalue weighted by Crippen LogP contribution is 2.22. The van der Waals surface area contributed by atoms with E-state index in [9.17, 15) is 4.79 Å². The van der Waals surface area contributed by atoms with Crippen LogP contribution < -0.4 is 5.73 Å². The minimum Gasteiger partial charge on any atom is -0.399 e. The number of ether oxygens (including phenoxy) is 1. The number of benzene rings is 1. The highest BCUT2D eigenvalue weighted by Gasteiger charge is 2.25. The molecule has 2 N–H and O–H groups in total. The van der Waals surface area contributed by atoms with Crippen molar-refractivity contribution in [3.05, 3.63) is 28.8 Å². The predicted molar refractivity (Wildman–Crippen MR) is 67.2 cm³/mol. The van der Waals surface area contributed by atoms with Gasteiger partial charge < -0.3 is 15.4 Å². The van der Waals surface area contributed by atoms with Crippen LogP contribution in [-0.2, 0) is 4.74 Å². The van der Waals surface area contributed by atoms with E-state index < -0.39 is 0 Å². The molecule has 4 nitrogen and oxygen atoms in total. The molecule has 0 saturated carbocycles. The van der Waals surface area contributed by atoms with Crippen molar-refractivity contribution >= 4 is 23.2 Å². The number of carbonyl (C=O) groups is 1. The van der Waals surface area contributed by atoms with Gasteiger partial charge in [0.15, 0.2) is 0 Å². The normalized spacial score (nSPS) is 20.4. The zero-order valence-electron chi connectivity index (χ0n) is 9.65. The lowest BCUT2D eigenvalue weighted by molar-refractivity contribution is 0.00360. The van der Waals surface area contributed by atoms with Crippen molar-refractivity contribution in [2.75, 3.05) is 25.5 Å². The van der Waals surface area contributed by atoms with Gasteiger partial charge >= 0.3 is 0 Å². The molecule has 17 heavy (non-hydrogen) atoms. The molecule has 0 aromatic heterocycles. The number of nitrogen functional groups attached to an aromatic ring is 1. The molecule has 1 unspecified atom stereocenters. The van der Waals surface area contributed by atoms with Gasteiger partial charge in [-0.05, 0) is 25.1 Å².